The van der Waals surface area contributed by atoms with Crippen LogP contribution in [0.4, 0.5) is 10.5 Å². The van der Waals surface area contributed by atoms with Gasteiger partial charge in [-0.2, -0.15) is 0 Å². The zero-order chi connectivity index (χ0) is 26.4. The van der Waals surface area contributed by atoms with Gasteiger partial charge < -0.3 is 24.3 Å². The molecular formula is C30H36N2O5. The highest BCUT2D eigenvalue weighted by Crippen LogP contribution is 2.38. The number of aryl methyl sites for hydroxylation is 2. The molecule has 196 valence electrons. The first-order chi connectivity index (χ1) is 17.9. The molecule has 1 atom stereocenters. The molecule has 1 heterocycles. The van der Waals surface area contributed by atoms with Gasteiger partial charge in [0, 0.05) is 13.0 Å². The molecule has 7 heteroatoms. The van der Waals surface area contributed by atoms with Crippen molar-refractivity contribution in [2.24, 2.45) is 0 Å². The van der Waals surface area contributed by atoms with E-state index in [1.54, 1.807) is 21.1 Å². The van der Waals surface area contributed by atoms with Gasteiger partial charge in [-0.25, -0.2) is 4.79 Å². The predicted octanol–water partition coefficient (Wildman–Crippen LogP) is 5.75. The standard InChI is InChI=1S/C30H36N2O5/c1-6-36-30(33)32-25-10-8-21(16-26(25)34-4)12-14-37-28-18-24-22(17-27(28)35-5)11-13-31-29(24)23-9-7-19(2)15-20(23)3/h7-10,15-18,29,31H,6,11-14H2,1-5H3,(H,32,33). The highest BCUT2D eigenvalue weighted by Gasteiger charge is 2.25. The third-order valence-electron chi connectivity index (χ3n) is 6.64. The molecule has 0 aromatic heterocycles. The van der Waals surface area contributed by atoms with E-state index in [1.165, 1.54) is 27.8 Å². The van der Waals surface area contributed by atoms with Crippen molar-refractivity contribution < 1.29 is 23.7 Å². The van der Waals surface area contributed by atoms with Crippen molar-refractivity contribution in [1.29, 1.82) is 0 Å². The topological polar surface area (TPSA) is 78.1 Å². The summed E-state index contributed by atoms with van der Waals surface area (Å²) in [5.74, 6) is 2.04. The van der Waals surface area contributed by atoms with E-state index >= 15 is 0 Å². The van der Waals surface area contributed by atoms with Crippen LogP contribution < -0.4 is 24.8 Å². The van der Waals surface area contributed by atoms with Gasteiger partial charge >= 0.3 is 6.09 Å². The van der Waals surface area contributed by atoms with Gasteiger partial charge in [-0.05, 0) is 79.3 Å². The monoisotopic (exact) mass is 504 g/mol. The van der Waals surface area contributed by atoms with Crippen LogP contribution in [0.5, 0.6) is 17.2 Å². The lowest BCUT2D eigenvalue weighted by molar-refractivity contribution is 0.168. The maximum absolute atomic E-state index is 11.8. The summed E-state index contributed by atoms with van der Waals surface area (Å²) in [7, 11) is 3.25. The second-order valence-electron chi connectivity index (χ2n) is 9.18. The highest BCUT2D eigenvalue weighted by atomic mass is 16.5. The SMILES string of the molecule is CCOC(=O)Nc1ccc(CCOc2cc3c(cc2OC)CCNC3c2ccc(C)cc2C)cc1OC. The third-order valence-corrected chi connectivity index (χ3v) is 6.64. The van der Waals surface area contributed by atoms with Crippen LogP contribution >= 0.6 is 0 Å². The van der Waals surface area contributed by atoms with Gasteiger partial charge in [-0.15, -0.1) is 0 Å². The molecule has 0 spiro atoms. The summed E-state index contributed by atoms with van der Waals surface area (Å²) in [4.78, 5) is 11.8. The van der Waals surface area contributed by atoms with Gasteiger partial charge in [0.1, 0.15) is 5.75 Å². The number of carbonyl (C=O) groups is 1. The molecule has 1 aliphatic heterocycles. The minimum atomic E-state index is -0.509. The number of methoxy groups -OCH3 is 2. The number of hydrogen-bond acceptors (Lipinski definition) is 6. The largest absolute Gasteiger partial charge is 0.495 e. The Morgan fingerprint density at radius 3 is 2.51 bits per heavy atom. The van der Waals surface area contributed by atoms with Crippen molar-refractivity contribution in [3.8, 4) is 17.2 Å². The van der Waals surface area contributed by atoms with Crippen LogP contribution in [-0.2, 0) is 17.6 Å². The smallest absolute Gasteiger partial charge is 0.411 e. The molecule has 1 aliphatic rings. The highest BCUT2D eigenvalue weighted by molar-refractivity contribution is 5.86. The fraction of sp³-hybridized carbons (Fsp3) is 0.367. The average Bonchev–Trinajstić information content (AvgIpc) is 2.89. The van der Waals surface area contributed by atoms with E-state index in [4.69, 9.17) is 18.9 Å². The van der Waals surface area contributed by atoms with Crippen molar-refractivity contribution in [3.05, 3.63) is 81.9 Å². The number of benzene rings is 3. The van der Waals surface area contributed by atoms with Gasteiger partial charge in [-0.1, -0.05) is 29.8 Å². The van der Waals surface area contributed by atoms with Crippen molar-refractivity contribution in [3.63, 3.8) is 0 Å². The molecule has 1 amide bonds. The number of anilines is 1. The molecule has 0 bridgehead atoms. The van der Waals surface area contributed by atoms with E-state index in [2.05, 4.69) is 54.8 Å². The predicted molar refractivity (Wildman–Crippen MR) is 145 cm³/mol. The second-order valence-corrected chi connectivity index (χ2v) is 9.18. The summed E-state index contributed by atoms with van der Waals surface area (Å²) in [6.45, 7) is 7.73. The Morgan fingerprint density at radius 2 is 1.78 bits per heavy atom. The van der Waals surface area contributed by atoms with Crippen LogP contribution in [0.3, 0.4) is 0 Å². The fourth-order valence-electron chi connectivity index (χ4n) is 4.81. The molecule has 7 nitrogen and oxygen atoms in total. The Balaban J connectivity index is 1.50. The lowest BCUT2D eigenvalue weighted by Gasteiger charge is -2.30. The molecule has 3 aromatic rings. The molecule has 2 N–H and O–H groups in total. The summed E-state index contributed by atoms with van der Waals surface area (Å²) >= 11 is 0. The second kappa shape index (κ2) is 12.0. The zero-order valence-corrected chi connectivity index (χ0v) is 22.3. The number of nitrogens with one attached hydrogen (secondary N) is 2. The molecule has 1 unspecified atom stereocenters. The number of carbonyl (C=O) groups excluding carboxylic acids is 1. The van der Waals surface area contributed by atoms with E-state index in [-0.39, 0.29) is 6.04 Å². The summed E-state index contributed by atoms with van der Waals surface area (Å²) in [5.41, 5.74) is 7.92. The Kier molecular flexibility index (Phi) is 8.56. The Morgan fingerprint density at radius 1 is 0.973 bits per heavy atom. The molecule has 0 aliphatic carbocycles. The maximum atomic E-state index is 11.8. The summed E-state index contributed by atoms with van der Waals surface area (Å²) < 4.78 is 22.4. The van der Waals surface area contributed by atoms with Crippen LogP contribution in [-0.4, -0.2) is 40.1 Å². The lowest BCUT2D eigenvalue weighted by Crippen LogP contribution is -2.31. The Hall–Kier alpha value is -3.71. The summed E-state index contributed by atoms with van der Waals surface area (Å²) in [5, 5.41) is 6.39. The van der Waals surface area contributed by atoms with Gasteiger partial charge in [0.05, 0.1) is 39.2 Å². The van der Waals surface area contributed by atoms with Crippen LogP contribution in [0, 0.1) is 13.8 Å². The van der Waals surface area contributed by atoms with E-state index < -0.39 is 6.09 Å². The summed E-state index contributed by atoms with van der Waals surface area (Å²) in [6.07, 6.45) is 1.10. The molecular weight excluding hydrogens is 468 g/mol. The number of amides is 1. The van der Waals surface area contributed by atoms with E-state index in [0.29, 0.717) is 31.1 Å². The van der Waals surface area contributed by atoms with Crippen LogP contribution in [0.25, 0.3) is 0 Å². The van der Waals surface area contributed by atoms with E-state index in [9.17, 15) is 4.79 Å². The van der Waals surface area contributed by atoms with Crippen molar-refractivity contribution >= 4 is 11.8 Å². The van der Waals surface area contributed by atoms with Crippen LogP contribution in [0.1, 0.15) is 46.3 Å². The molecule has 4 rings (SSSR count). The summed E-state index contributed by atoms with van der Waals surface area (Å²) in [6, 6.07) is 16.6. The molecule has 3 aromatic carbocycles. The quantitative estimate of drug-likeness (QED) is 0.387. The Bertz CT molecular complexity index is 1260. The molecule has 0 saturated heterocycles. The number of hydrogen-bond donors (Lipinski definition) is 2. The zero-order valence-electron chi connectivity index (χ0n) is 22.3. The number of ether oxygens (including phenoxy) is 4. The first-order valence-corrected chi connectivity index (χ1v) is 12.7. The number of rotatable bonds is 9. The third kappa shape index (κ3) is 6.17. The lowest BCUT2D eigenvalue weighted by atomic mass is 9.87. The molecule has 0 saturated carbocycles. The first-order valence-electron chi connectivity index (χ1n) is 12.7. The minimum Gasteiger partial charge on any atom is -0.495 e. The molecule has 0 radical (unpaired) electrons. The van der Waals surface area contributed by atoms with Crippen molar-refractivity contribution in [2.75, 3.05) is 39.3 Å². The van der Waals surface area contributed by atoms with Crippen molar-refractivity contribution in [2.45, 2.75) is 39.7 Å². The maximum Gasteiger partial charge on any atom is 0.411 e. The van der Waals surface area contributed by atoms with Gasteiger partial charge in [-0.3, -0.25) is 5.32 Å². The molecule has 0 fully saturated rings. The van der Waals surface area contributed by atoms with Gasteiger partial charge in [0.25, 0.3) is 0 Å². The normalized spacial score (nSPS) is 14.5. The molecule has 37 heavy (non-hydrogen) atoms. The first kappa shape index (κ1) is 26.4. The van der Waals surface area contributed by atoms with Gasteiger partial charge in [0.2, 0.25) is 0 Å². The Labute approximate surface area is 219 Å². The van der Waals surface area contributed by atoms with Crippen molar-refractivity contribution in [1.82, 2.24) is 5.32 Å². The average molecular weight is 505 g/mol. The van der Waals surface area contributed by atoms with Gasteiger partial charge in [0.15, 0.2) is 11.5 Å². The van der Waals surface area contributed by atoms with Crippen LogP contribution in [0.2, 0.25) is 0 Å². The van der Waals surface area contributed by atoms with E-state index in [1.807, 2.05) is 18.2 Å². The minimum absolute atomic E-state index is 0.112. The fourth-order valence-corrected chi connectivity index (χ4v) is 4.81. The van der Waals surface area contributed by atoms with E-state index in [0.717, 1.165) is 30.0 Å². The number of fused-ring (bicyclic) bond motifs is 1. The van der Waals surface area contributed by atoms with Crippen LogP contribution in [0.15, 0.2) is 48.5 Å².